The quantitative estimate of drug-likeness (QED) is 0.837. The fourth-order valence-electron chi connectivity index (χ4n) is 1.87. The van der Waals surface area contributed by atoms with Crippen molar-refractivity contribution in [2.75, 3.05) is 14.2 Å². The predicted molar refractivity (Wildman–Crippen MR) is 68.3 cm³/mol. The van der Waals surface area contributed by atoms with Crippen molar-refractivity contribution in [3.8, 4) is 5.75 Å². The number of hydrogen-bond donors (Lipinski definition) is 1. The zero-order chi connectivity index (χ0) is 14.0. The maximum Gasteiger partial charge on any atom is 0.338 e. The minimum atomic E-state index is -0.560. The van der Waals surface area contributed by atoms with Crippen molar-refractivity contribution >= 4 is 22.7 Å². The van der Waals surface area contributed by atoms with E-state index in [9.17, 15) is 14.7 Å². The number of phenolic OH excluding ortho intramolecular Hbond substituents is 1. The number of benzene rings is 2. The minimum Gasteiger partial charge on any atom is -0.508 e. The van der Waals surface area contributed by atoms with Crippen LogP contribution in [-0.2, 0) is 9.47 Å². The number of hydrogen-bond acceptors (Lipinski definition) is 5. The summed E-state index contributed by atoms with van der Waals surface area (Å²) in [5.74, 6) is -1.07. The highest BCUT2D eigenvalue weighted by Crippen LogP contribution is 2.26. The van der Waals surface area contributed by atoms with Crippen molar-refractivity contribution in [3.63, 3.8) is 0 Å². The third kappa shape index (κ3) is 2.35. The Hall–Kier alpha value is -2.56. The average Bonchev–Trinajstić information content (AvgIpc) is 2.43. The molecule has 0 aliphatic heterocycles. The first-order chi connectivity index (χ1) is 9.06. The fraction of sp³-hybridized carbons (Fsp3) is 0.143. The number of rotatable bonds is 2. The number of carbonyl (C=O) groups excluding carboxylic acids is 2. The molecule has 5 nitrogen and oxygen atoms in total. The summed E-state index contributed by atoms with van der Waals surface area (Å²) in [6, 6.07) is 7.49. The smallest absolute Gasteiger partial charge is 0.338 e. The highest BCUT2D eigenvalue weighted by Gasteiger charge is 2.16. The lowest BCUT2D eigenvalue weighted by molar-refractivity contribution is 0.0600. The molecule has 98 valence electrons. The monoisotopic (exact) mass is 260 g/mol. The maximum absolute atomic E-state index is 11.7. The van der Waals surface area contributed by atoms with Crippen LogP contribution in [0.15, 0.2) is 30.3 Å². The molecule has 5 heteroatoms. The Balaban J connectivity index is 2.76. The zero-order valence-corrected chi connectivity index (χ0v) is 10.5. The second kappa shape index (κ2) is 4.97. The van der Waals surface area contributed by atoms with Gasteiger partial charge in [0.25, 0.3) is 0 Å². The van der Waals surface area contributed by atoms with E-state index in [0.717, 1.165) is 0 Å². The summed E-state index contributed by atoms with van der Waals surface area (Å²) < 4.78 is 9.32. The van der Waals surface area contributed by atoms with Crippen molar-refractivity contribution in [2.45, 2.75) is 0 Å². The van der Waals surface area contributed by atoms with Crippen LogP contribution in [0.3, 0.4) is 0 Å². The number of methoxy groups -OCH3 is 2. The van der Waals surface area contributed by atoms with E-state index in [1.807, 2.05) is 0 Å². The second-order valence-corrected chi connectivity index (χ2v) is 3.91. The van der Waals surface area contributed by atoms with Gasteiger partial charge in [-0.05, 0) is 41.1 Å². The molecule has 0 heterocycles. The van der Waals surface area contributed by atoms with E-state index in [4.69, 9.17) is 0 Å². The van der Waals surface area contributed by atoms with E-state index in [0.29, 0.717) is 10.8 Å². The number of aromatic hydroxyl groups is 1. The van der Waals surface area contributed by atoms with Gasteiger partial charge in [0.1, 0.15) is 5.75 Å². The molecule has 2 rings (SSSR count). The molecule has 0 saturated heterocycles. The Morgan fingerprint density at radius 3 is 2.32 bits per heavy atom. The lowest BCUT2D eigenvalue weighted by Crippen LogP contribution is -2.07. The van der Waals surface area contributed by atoms with Gasteiger partial charge in [-0.25, -0.2) is 9.59 Å². The zero-order valence-electron chi connectivity index (χ0n) is 10.5. The summed E-state index contributed by atoms with van der Waals surface area (Å²) in [6.07, 6.45) is 0. The summed E-state index contributed by atoms with van der Waals surface area (Å²) in [7, 11) is 2.52. The number of ether oxygens (including phenoxy) is 2. The Labute approximate surface area is 109 Å². The van der Waals surface area contributed by atoms with E-state index in [1.165, 1.54) is 32.4 Å². The molecule has 2 aromatic rings. The number of fused-ring (bicyclic) bond motifs is 1. The molecule has 0 unspecified atom stereocenters. The molecule has 19 heavy (non-hydrogen) atoms. The number of carbonyl (C=O) groups is 2. The lowest BCUT2D eigenvalue weighted by atomic mass is 10.0. The first kappa shape index (κ1) is 12.9. The first-order valence-corrected chi connectivity index (χ1v) is 5.50. The van der Waals surface area contributed by atoms with E-state index >= 15 is 0 Å². The van der Waals surface area contributed by atoms with Crippen molar-refractivity contribution in [1.29, 1.82) is 0 Å². The molecule has 0 radical (unpaired) electrons. The minimum absolute atomic E-state index is 0.0466. The largest absolute Gasteiger partial charge is 0.508 e. The van der Waals surface area contributed by atoms with Crippen LogP contribution >= 0.6 is 0 Å². The van der Waals surface area contributed by atoms with Gasteiger partial charge in [0.2, 0.25) is 0 Å². The van der Waals surface area contributed by atoms with Crippen molar-refractivity contribution in [2.24, 2.45) is 0 Å². The number of phenols is 1. The molecule has 0 spiro atoms. The molecule has 0 atom stereocenters. The lowest BCUT2D eigenvalue weighted by Gasteiger charge is -2.08. The molecule has 0 saturated carbocycles. The van der Waals surface area contributed by atoms with Gasteiger partial charge in [0.15, 0.2) is 0 Å². The van der Waals surface area contributed by atoms with Crippen LogP contribution in [-0.4, -0.2) is 31.3 Å². The van der Waals surface area contributed by atoms with E-state index in [1.54, 1.807) is 12.1 Å². The average molecular weight is 260 g/mol. The second-order valence-electron chi connectivity index (χ2n) is 3.91. The molecular weight excluding hydrogens is 248 g/mol. The van der Waals surface area contributed by atoms with Gasteiger partial charge < -0.3 is 14.6 Å². The van der Waals surface area contributed by atoms with E-state index < -0.39 is 11.9 Å². The Morgan fingerprint density at radius 1 is 1.00 bits per heavy atom. The van der Waals surface area contributed by atoms with Crippen molar-refractivity contribution in [3.05, 3.63) is 41.5 Å². The van der Waals surface area contributed by atoms with Crippen molar-refractivity contribution in [1.82, 2.24) is 0 Å². The number of esters is 2. The molecule has 1 N–H and O–H groups in total. The van der Waals surface area contributed by atoms with E-state index in [-0.39, 0.29) is 16.9 Å². The topological polar surface area (TPSA) is 72.8 Å². The SMILES string of the molecule is COC(=O)c1cc(C(=O)OC)c2ccc(O)cc2c1. The maximum atomic E-state index is 11.7. The summed E-state index contributed by atoms with van der Waals surface area (Å²) in [6.45, 7) is 0. The summed E-state index contributed by atoms with van der Waals surface area (Å²) >= 11 is 0. The van der Waals surface area contributed by atoms with Crippen LogP contribution in [0.1, 0.15) is 20.7 Å². The summed E-state index contributed by atoms with van der Waals surface area (Å²) in [4.78, 5) is 23.3. The first-order valence-electron chi connectivity index (χ1n) is 5.50. The molecule has 0 bridgehead atoms. The van der Waals surface area contributed by atoms with Gasteiger partial charge in [-0.3, -0.25) is 0 Å². The molecule has 0 amide bonds. The predicted octanol–water partition coefficient (Wildman–Crippen LogP) is 2.12. The molecule has 0 aliphatic carbocycles. The highest BCUT2D eigenvalue weighted by molar-refractivity contribution is 6.08. The van der Waals surface area contributed by atoms with Gasteiger partial charge in [-0.15, -0.1) is 0 Å². The third-order valence-electron chi connectivity index (χ3n) is 2.76. The fourth-order valence-corrected chi connectivity index (χ4v) is 1.87. The van der Waals surface area contributed by atoms with Gasteiger partial charge >= 0.3 is 11.9 Å². The van der Waals surface area contributed by atoms with Crippen LogP contribution in [0.2, 0.25) is 0 Å². The highest BCUT2D eigenvalue weighted by atomic mass is 16.5. The van der Waals surface area contributed by atoms with Gasteiger partial charge in [0, 0.05) is 0 Å². The Morgan fingerprint density at radius 2 is 1.68 bits per heavy atom. The summed E-state index contributed by atoms with van der Waals surface area (Å²) in [5.41, 5.74) is 0.474. The third-order valence-corrected chi connectivity index (χ3v) is 2.76. The van der Waals surface area contributed by atoms with E-state index in [2.05, 4.69) is 9.47 Å². The van der Waals surface area contributed by atoms with Crippen LogP contribution in [0.4, 0.5) is 0 Å². The van der Waals surface area contributed by atoms with Crippen LogP contribution < -0.4 is 0 Å². The molecule has 0 aliphatic rings. The molecule has 0 aromatic heterocycles. The molecule has 0 fully saturated rings. The van der Waals surface area contributed by atoms with Crippen molar-refractivity contribution < 1.29 is 24.2 Å². The molecule has 2 aromatic carbocycles. The van der Waals surface area contributed by atoms with Crippen LogP contribution in [0.25, 0.3) is 10.8 Å². The normalized spacial score (nSPS) is 10.2. The van der Waals surface area contributed by atoms with Gasteiger partial charge in [-0.1, -0.05) is 0 Å². The molecular formula is C14H12O5. The van der Waals surface area contributed by atoms with Crippen LogP contribution in [0.5, 0.6) is 5.75 Å². The van der Waals surface area contributed by atoms with Gasteiger partial charge in [0.05, 0.1) is 25.3 Å². The Kier molecular flexibility index (Phi) is 3.37. The Bertz CT molecular complexity index is 660. The van der Waals surface area contributed by atoms with Gasteiger partial charge in [-0.2, -0.15) is 0 Å². The van der Waals surface area contributed by atoms with Crippen LogP contribution in [0, 0.1) is 0 Å². The standard InChI is InChI=1S/C14H12O5/c1-18-13(16)9-5-8-6-10(15)3-4-11(8)12(7-9)14(17)19-2/h3-7,15H,1-2H3. The summed E-state index contributed by atoms with van der Waals surface area (Å²) in [5, 5.41) is 10.6.